The molecule has 0 amide bonds. The van der Waals surface area contributed by atoms with Crippen LogP contribution >= 0.6 is 0 Å². The third-order valence-corrected chi connectivity index (χ3v) is 3.83. The Morgan fingerprint density at radius 3 is 2.90 bits per heavy atom. The average Bonchev–Trinajstić information content (AvgIpc) is 2.85. The molecule has 106 valence electrons. The van der Waals surface area contributed by atoms with E-state index in [1.54, 1.807) is 6.07 Å². The number of hydrogen-bond acceptors (Lipinski definition) is 3. The first kappa shape index (κ1) is 13.4. The van der Waals surface area contributed by atoms with E-state index in [2.05, 4.69) is 16.8 Å². The molecule has 0 spiro atoms. The monoisotopic (exact) mass is 279 g/mol. The van der Waals surface area contributed by atoms with Gasteiger partial charge in [0.25, 0.3) is 0 Å². The molecule has 2 aromatic rings. The predicted molar refractivity (Wildman–Crippen MR) is 81.8 cm³/mol. The van der Waals surface area contributed by atoms with Gasteiger partial charge in [-0.1, -0.05) is 25.8 Å². The Labute approximate surface area is 124 Å². The first-order valence-electron chi connectivity index (χ1n) is 6.95. The zero-order valence-corrected chi connectivity index (χ0v) is 12.2. The topological polar surface area (TPSA) is 60.9 Å². The predicted octanol–water partition coefficient (Wildman–Crippen LogP) is 2.48. The molecule has 0 saturated heterocycles. The molecule has 0 saturated carbocycles. The third-order valence-electron chi connectivity index (χ3n) is 3.83. The van der Waals surface area contributed by atoms with Gasteiger partial charge in [-0.15, -0.1) is 0 Å². The average molecular weight is 279 g/mol. The second kappa shape index (κ2) is 4.78. The number of hydrogen-bond donors (Lipinski definition) is 1. The van der Waals surface area contributed by atoms with Crippen molar-refractivity contribution in [2.75, 3.05) is 5.73 Å². The number of carbonyl (C=O) groups is 1. The number of nitrogens with two attached hydrogens (primary N) is 1. The number of anilines is 1. The van der Waals surface area contributed by atoms with Crippen LogP contribution in [0.3, 0.4) is 0 Å². The van der Waals surface area contributed by atoms with E-state index in [0.29, 0.717) is 11.5 Å². The minimum absolute atomic E-state index is 0.184. The summed E-state index contributed by atoms with van der Waals surface area (Å²) in [5.41, 5.74) is 7.55. The van der Waals surface area contributed by atoms with Gasteiger partial charge in [0.05, 0.1) is 5.69 Å². The Morgan fingerprint density at radius 2 is 2.14 bits per heavy atom. The van der Waals surface area contributed by atoms with Gasteiger partial charge in [-0.25, -0.2) is 4.98 Å². The van der Waals surface area contributed by atoms with Gasteiger partial charge in [0.2, 0.25) is 0 Å². The summed E-state index contributed by atoms with van der Waals surface area (Å²) in [5, 5.41) is 0. The Kier molecular flexibility index (Phi) is 3.06. The Bertz CT molecular complexity index is 775. The molecule has 0 fully saturated rings. The van der Waals surface area contributed by atoms with Crippen molar-refractivity contribution in [3.05, 3.63) is 47.4 Å². The highest BCUT2D eigenvalue weighted by molar-refractivity contribution is 5.99. The van der Waals surface area contributed by atoms with Crippen LogP contribution in [0.4, 0.5) is 5.82 Å². The summed E-state index contributed by atoms with van der Waals surface area (Å²) in [6, 6.07) is 7.22. The second-order valence-corrected chi connectivity index (χ2v) is 5.97. The fourth-order valence-corrected chi connectivity index (χ4v) is 2.47. The third kappa shape index (κ3) is 2.55. The van der Waals surface area contributed by atoms with E-state index in [1.807, 2.05) is 42.8 Å². The van der Waals surface area contributed by atoms with E-state index in [0.717, 1.165) is 24.2 Å². The minimum Gasteiger partial charge on any atom is -0.384 e. The van der Waals surface area contributed by atoms with Crippen molar-refractivity contribution in [2.45, 2.75) is 26.8 Å². The summed E-state index contributed by atoms with van der Waals surface area (Å²) in [6.45, 7) is 4.84. The van der Waals surface area contributed by atoms with E-state index in [1.165, 1.54) is 0 Å². The Hall–Kier alpha value is -2.54. The largest absolute Gasteiger partial charge is 0.384 e. The van der Waals surface area contributed by atoms with E-state index in [-0.39, 0.29) is 11.2 Å². The molecule has 0 aromatic carbocycles. The standard InChI is InChI=1S/C17H17N3O/c1-17(2)8-9-20-11-12(10-14(20)16(17)21)6-7-13-4-3-5-15(18)19-13/h3-5,10-11H,8-9H2,1-2H3,(H2,18,19). The van der Waals surface area contributed by atoms with Crippen molar-refractivity contribution >= 4 is 11.6 Å². The van der Waals surface area contributed by atoms with Gasteiger partial charge in [0.1, 0.15) is 11.5 Å². The van der Waals surface area contributed by atoms with Crippen molar-refractivity contribution in [3.63, 3.8) is 0 Å². The number of fused-ring (bicyclic) bond motifs is 1. The maximum atomic E-state index is 12.4. The summed E-state index contributed by atoms with van der Waals surface area (Å²) < 4.78 is 1.99. The summed E-state index contributed by atoms with van der Waals surface area (Å²) in [4.78, 5) is 16.5. The van der Waals surface area contributed by atoms with Crippen LogP contribution < -0.4 is 5.73 Å². The Balaban J connectivity index is 1.92. The number of aryl methyl sites for hydroxylation is 1. The SMILES string of the molecule is CC1(C)CCn2cc(C#Cc3cccc(N)n3)cc2C1=O. The number of nitrogens with zero attached hydrogens (tertiary/aromatic N) is 2. The lowest BCUT2D eigenvalue weighted by Crippen LogP contribution is -2.32. The van der Waals surface area contributed by atoms with Gasteiger partial charge in [-0.05, 0) is 30.5 Å². The van der Waals surface area contributed by atoms with Crippen molar-refractivity contribution in [1.82, 2.24) is 9.55 Å². The smallest absolute Gasteiger partial charge is 0.184 e. The van der Waals surface area contributed by atoms with Crippen LogP contribution in [0.15, 0.2) is 30.5 Å². The van der Waals surface area contributed by atoms with Crippen LogP contribution in [0.5, 0.6) is 0 Å². The molecular formula is C17H17N3O. The van der Waals surface area contributed by atoms with Gasteiger partial charge in [0, 0.05) is 23.7 Å². The molecule has 1 aliphatic rings. The van der Waals surface area contributed by atoms with Crippen molar-refractivity contribution in [2.24, 2.45) is 5.41 Å². The fourth-order valence-electron chi connectivity index (χ4n) is 2.47. The second-order valence-electron chi connectivity index (χ2n) is 5.97. The van der Waals surface area contributed by atoms with E-state index >= 15 is 0 Å². The molecule has 1 aliphatic heterocycles. The highest BCUT2D eigenvalue weighted by atomic mass is 16.1. The van der Waals surface area contributed by atoms with Crippen LogP contribution in [0.25, 0.3) is 0 Å². The molecule has 3 rings (SSSR count). The minimum atomic E-state index is -0.283. The number of rotatable bonds is 0. The van der Waals surface area contributed by atoms with Gasteiger partial charge in [-0.2, -0.15) is 0 Å². The number of aromatic nitrogens is 2. The summed E-state index contributed by atoms with van der Waals surface area (Å²) >= 11 is 0. The van der Waals surface area contributed by atoms with E-state index in [4.69, 9.17) is 5.73 Å². The zero-order chi connectivity index (χ0) is 15.0. The molecular weight excluding hydrogens is 262 g/mol. The number of Topliss-reactive ketones (excluding diaryl/α,β-unsaturated/α-hetero) is 1. The summed E-state index contributed by atoms with van der Waals surface area (Å²) in [5.74, 6) is 6.67. The maximum Gasteiger partial charge on any atom is 0.184 e. The van der Waals surface area contributed by atoms with E-state index in [9.17, 15) is 4.79 Å². The lowest BCUT2D eigenvalue weighted by atomic mass is 9.81. The fraction of sp³-hybridized carbons (Fsp3) is 0.294. The first-order valence-corrected chi connectivity index (χ1v) is 6.95. The van der Waals surface area contributed by atoms with Crippen LogP contribution in [0.2, 0.25) is 0 Å². The van der Waals surface area contributed by atoms with Crippen molar-refractivity contribution < 1.29 is 4.79 Å². The zero-order valence-electron chi connectivity index (χ0n) is 12.2. The maximum absolute atomic E-state index is 12.4. The highest BCUT2D eigenvalue weighted by Crippen LogP contribution is 2.32. The molecule has 0 unspecified atom stereocenters. The molecule has 0 radical (unpaired) electrons. The summed E-state index contributed by atoms with van der Waals surface area (Å²) in [6.07, 6.45) is 2.79. The summed E-state index contributed by atoms with van der Waals surface area (Å²) in [7, 11) is 0. The Morgan fingerprint density at radius 1 is 1.33 bits per heavy atom. The van der Waals surface area contributed by atoms with Crippen LogP contribution in [-0.4, -0.2) is 15.3 Å². The van der Waals surface area contributed by atoms with Crippen LogP contribution in [0.1, 0.15) is 42.0 Å². The normalized spacial score (nSPS) is 16.0. The van der Waals surface area contributed by atoms with Gasteiger partial charge in [0.15, 0.2) is 5.78 Å². The molecule has 21 heavy (non-hydrogen) atoms. The molecule has 3 heterocycles. The number of ketones is 1. The van der Waals surface area contributed by atoms with Gasteiger partial charge < -0.3 is 10.3 Å². The highest BCUT2D eigenvalue weighted by Gasteiger charge is 2.34. The molecule has 0 bridgehead atoms. The first-order chi connectivity index (χ1) is 9.95. The number of pyridine rings is 1. The molecule has 0 aliphatic carbocycles. The molecule has 0 atom stereocenters. The molecule has 4 heteroatoms. The van der Waals surface area contributed by atoms with Crippen LogP contribution in [0, 0.1) is 17.3 Å². The molecule has 2 N–H and O–H groups in total. The van der Waals surface area contributed by atoms with E-state index < -0.39 is 0 Å². The number of nitrogen functional groups attached to an aromatic ring is 1. The lowest BCUT2D eigenvalue weighted by molar-refractivity contribution is 0.0779. The van der Waals surface area contributed by atoms with Crippen LogP contribution in [-0.2, 0) is 6.54 Å². The molecule has 2 aromatic heterocycles. The van der Waals surface area contributed by atoms with Crippen molar-refractivity contribution in [1.29, 1.82) is 0 Å². The van der Waals surface area contributed by atoms with Gasteiger partial charge >= 0.3 is 0 Å². The van der Waals surface area contributed by atoms with Crippen molar-refractivity contribution in [3.8, 4) is 11.8 Å². The number of carbonyl (C=O) groups excluding carboxylic acids is 1. The van der Waals surface area contributed by atoms with Gasteiger partial charge in [-0.3, -0.25) is 4.79 Å². The molecule has 4 nitrogen and oxygen atoms in total. The quantitative estimate of drug-likeness (QED) is 0.754. The lowest BCUT2D eigenvalue weighted by Gasteiger charge is -2.29.